The normalized spacial score (nSPS) is 16.0. The van der Waals surface area contributed by atoms with E-state index >= 15 is 0 Å². The summed E-state index contributed by atoms with van der Waals surface area (Å²) >= 11 is 0. The van der Waals surface area contributed by atoms with E-state index in [1.54, 1.807) is 14.1 Å². The van der Waals surface area contributed by atoms with Crippen LogP contribution < -0.4 is 10.6 Å². The summed E-state index contributed by atoms with van der Waals surface area (Å²) in [6, 6.07) is 0. The average molecular weight is 386 g/mol. The van der Waals surface area contributed by atoms with Crippen LogP contribution in [0, 0.1) is 0 Å². The number of rotatable bonds is 8. The third kappa shape index (κ3) is 11.4. The highest BCUT2D eigenvalue weighted by molar-refractivity contribution is 5.85. The fraction of sp³-hybridized carbons (Fsp3) is 0.833. The first kappa shape index (κ1) is 23.2. The van der Waals surface area contributed by atoms with E-state index in [0.29, 0.717) is 19.0 Å². The number of ether oxygens (including phenoxy) is 2. The number of guanidine groups is 1. The summed E-state index contributed by atoms with van der Waals surface area (Å²) in [5, 5.41) is 6.31. The zero-order chi connectivity index (χ0) is 20.3. The number of esters is 1. The van der Waals surface area contributed by atoms with Crippen LogP contribution >= 0.6 is 0 Å². The fourth-order valence-electron chi connectivity index (χ4n) is 2.30. The molecule has 0 aliphatic carbocycles. The first-order valence-electron chi connectivity index (χ1n) is 9.41. The van der Waals surface area contributed by atoms with Crippen LogP contribution in [0.3, 0.4) is 0 Å². The average Bonchev–Trinajstić information content (AvgIpc) is 2.58. The predicted molar refractivity (Wildman–Crippen MR) is 105 cm³/mol. The number of hydrogen-bond acceptors (Lipinski definition) is 6. The van der Waals surface area contributed by atoms with Crippen molar-refractivity contribution < 1.29 is 19.1 Å². The van der Waals surface area contributed by atoms with Gasteiger partial charge < -0.3 is 25.0 Å². The molecule has 0 aromatic heterocycles. The van der Waals surface area contributed by atoms with Crippen molar-refractivity contribution >= 4 is 17.8 Å². The topological polar surface area (TPSA) is 95.5 Å². The van der Waals surface area contributed by atoms with Gasteiger partial charge in [0.05, 0.1) is 19.6 Å². The van der Waals surface area contributed by atoms with Crippen molar-refractivity contribution in [2.45, 2.75) is 32.8 Å². The second-order valence-corrected chi connectivity index (χ2v) is 7.60. The van der Waals surface area contributed by atoms with Gasteiger partial charge in [0.1, 0.15) is 12.1 Å². The van der Waals surface area contributed by atoms with E-state index in [1.807, 2.05) is 20.8 Å². The Balaban J connectivity index is 2.45. The van der Waals surface area contributed by atoms with Crippen molar-refractivity contribution in [2.24, 2.45) is 4.99 Å². The molecule has 1 heterocycles. The summed E-state index contributed by atoms with van der Waals surface area (Å²) in [5.74, 6) is 0.158. The summed E-state index contributed by atoms with van der Waals surface area (Å²) in [6.07, 6.45) is 0.225. The van der Waals surface area contributed by atoms with Crippen molar-refractivity contribution in [1.82, 2.24) is 20.4 Å². The minimum Gasteiger partial charge on any atom is -0.460 e. The van der Waals surface area contributed by atoms with Gasteiger partial charge in [0.2, 0.25) is 5.91 Å². The second-order valence-electron chi connectivity index (χ2n) is 7.60. The zero-order valence-electron chi connectivity index (χ0n) is 17.3. The van der Waals surface area contributed by atoms with Gasteiger partial charge in [-0.1, -0.05) is 0 Å². The van der Waals surface area contributed by atoms with E-state index in [1.165, 1.54) is 4.90 Å². The van der Waals surface area contributed by atoms with Crippen molar-refractivity contribution in [1.29, 1.82) is 0 Å². The van der Waals surface area contributed by atoms with E-state index in [2.05, 4.69) is 20.5 Å². The summed E-state index contributed by atoms with van der Waals surface area (Å²) in [7, 11) is 3.39. The number of nitrogens with zero attached hydrogens (tertiary/aromatic N) is 3. The van der Waals surface area contributed by atoms with Crippen LogP contribution in [0.5, 0.6) is 0 Å². The molecule has 1 aliphatic heterocycles. The third-order valence-electron chi connectivity index (χ3n) is 3.74. The molecule has 1 aliphatic rings. The summed E-state index contributed by atoms with van der Waals surface area (Å²) < 4.78 is 10.6. The number of carbonyl (C=O) groups excluding carboxylic acids is 2. The third-order valence-corrected chi connectivity index (χ3v) is 3.74. The predicted octanol–water partition coefficient (Wildman–Crippen LogP) is -0.326. The lowest BCUT2D eigenvalue weighted by molar-refractivity contribution is -0.154. The molecule has 0 atom stereocenters. The lowest BCUT2D eigenvalue weighted by Crippen LogP contribution is -2.45. The van der Waals surface area contributed by atoms with E-state index in [4.69, 9.17) is 9.47 Å². The molecular weight excluding hydrogens is 350 g/mol. The van der Waals surface area contributed by atoms with Gasteiger partial charge in [-0.25, -0.2) is 4.99 Å². The van der Waals surface area contributed by atoms with Gasteiger partial charge in [-0.3, -0.25) is 14.5 Å². The van der Waals surface area contributed by atoms with Crippen LogP contribution in [0.4, 0.5) is 0 Å². The number of amides is 1. The minimum absolute atomic E-state index is 0.0479. The molecule has 0 bridgehead atoms. The molecule has 1 fully saturated rings. The minimum atomic E-state index is -0.497. The molecule has 9 nitrogen and oxygen atoms in total. The van der Waals surface area contributed by atoms with Gasteiger partial charge in [0, 0.05) is 46.8 Å². The van der Waals surface area contributed by atoms with Crippen molar-refractivity contribution in [3.8, 4) is 0 Å². The zero-order valence-corrected chi connectivity index (χ0v) is 17.3. The molecule has 0 aromatic rings. The molecule has 1 rings (SSSR count). The Morgan fingerprint density at radius 3 is 2.37 bits per heavy atom. The molecule has 0 radical (unpaired) electrons. The van der Waals surface area contributed by atoms with Crippen LogP contribution in [-0.2, 0) is 19.1 Å². The van der Waals surface area contributed by atoms with Crippen LogP contribution in [0.25, 0.3) is 0 Å². The molecular formula is C18H35N5O4. The van der Waals surface area contributed by atoms with E-state index in [9.17, 15) is 9.59 Å². The first-order valence-corrected chi connectivity index (χ1v) is 9.41. The molecule has 0 saturated carbocycles. The van der Waals surface area contributed by atoms with Gasteiger partial charge in [-0.05, 0) is 20.8 Å². The van der Waals surface area contributed by atoms with Gasteiger partial charge in [-0.2, -0.15) is 0 Å². The maximum atomic E-state index is 11.8. The molecule has 2 N–H and O–H groups in total. The molecule has 27 heavy (non-hydrogen) atoms. The SMILES string of the molecule is CN(C)C(=O)CN=C(NCCC(=O)OC(C)(C)C)NCCN1CCOCC1. The van der Waals surface area contributed by atoms with Crippen LogP contribution in [0.15, 0.2) is 4.99 Å². The molecule has 9 heteroatoms. The monoisotopic (exact) mass is 385 g/mol. The highest BCUT2D eigenvalue weighted by Crippen LogP contribution is 2.07. The van der Waals surface area contributed by atoms with Gasteiger partial charge >= 0.3 is 5.97 Å². The largest absolute Gasteiger partial charge is 0.460 e. The van der Waals surface area contributed by atoms with Gasteiger partial charge in [0.15, 0.2) is 5.96 Å². The Labute approximate surface area is 162 Å². The number of aliphatic imine (C=N–C) groups is 1. The van der Waals surface area contributed by atoms with Gasteiger partial charge in [-0.15, -0.1) is 0 Å². The molecule has 0 aromatic carbocycles. The quantitative estimate of drug-likeness (QED) is 0.336. The number of carbonyl (C=O) groups is 2. The summed E-state index contributed by atoms with van der Waals surface area (Å²) in [6.45, 7) is 10.8. The van der Waals surface area contributed by atoms with E-state index in [-0.39, 0.29) is 24.8 Å². The maximum absolute atomic E-state index is 11.8. The van der Waals surface area contributed by atoms with Crippen molar-refractivity contribution in [2.75, 3.05) is 66.6 Å². The van der Waals surface area contributed by atoms with E-state index in [0.717, 1.165) is 32.8 Å². The smallest absolute Gasteiger partial charge is 0.308 e. The Morgan fingerprint density at radius 1 is 1.15 bits per heavy atom. The second kappa shape index (κ2) is 11.8. The summed E-state index contributed by atoms with van der Waals surface area (Å²) in [5.41, 5.74) is -0.497. The van der Waals surface area contributed by atoms with Crippen LogP contribution in [0.2, 0.25) is 0 Å². The van der Waals surface area contributed by atoms with E-state index < -0.39 is 5.60 Å². The molecule has 1 amide bonds. The summed E-state index contributed by atoms with van der Waals surface area (Å²) in [4.78, 5) is 31.7. The molecule has 156 valence electrons. The lowest BCUT2D eigenvalue weighted by atomic mass is 10.2. The van der Waals surface area contributed by atoms with Crippen LogP contribution in [0.1, 0.15) is 27.2 Å². The Hall–Kier alpha value is -1.87. The standard InChI is InChI=1S/C18H35N5O4/c1-18(2,3)27-16(25)6-7-19-17(21-14-15(24)22(4)5)20-8-9-23-10-12-26-13-11-23/h6-14H2,1-5H3,(H2,19,20,21). The molecule has 1 saturated heterocycles. The van der Waals surface area contributed by atoms with Crippen LogP contribution in [-0.4, -0.2) is 99.8 Å². The maximum Gasteiger partial charge on any atom is 0.308 e. The number of hydrogen-bond donors (Lipinski definition) is 2. The first-order chi connectivity index (χ1) is 12.7. The van der Waals surface area contributed by atoms with Gasteiger partial charge in [0.25, 0.3) is 0 Å². The molecule has 0 unspecified atom stereocenters. The highest BCUT2D eigenvalue weighted by Gasteiger charge is 2.16. The lowest BCUT2D eigenvalue weighted by Gasteiger charge is -2.26. The molecule has 0 spiro atoms. The Bertz CT molecular complexity index is 496. The Morgan fingerprint density at radius 2 is 1.78 bits per heavy atom. The van der Waals surface area contributed by atoms with Crippen molar-refractivity contribution in [3.05, 3.63) is 0 Å². The number of nitrogens with one attached hydrogen (secondary N) is 2. The number of likely N-dealkylation sites (N-methyl/N-ethyl adjacent to an activating group) is 1. The Kier molecular flexibility index (Phi) is 10.1. The fourth-order valence-corrected chi connectivity index (χ4v) is 2.30. The number of morpholine rings is 1. The van der Waals surface area contributed by atoms with Crippen molar-refractivity contribution in [3.63, 3.8) is 0 Å². The highest BCUT2D eigenvalue weighted by atomic mass is 16.6.